The van der Waals surface area contributed by atoms with Crippen molar-refractivity contribution < 1.29 is 96.8 Å². The Morgan fingerprint density at radius 3 is 2.44 bits per heavy atom. The predicted molar refractivity (Wildman–Crippen MR) is 108 cm³/mol. The topological polar surface area (TPSA) is 98.2 Å². The van der Waals surface area contributed by atoms with Gasteiger partial charge < -0.3 is 20.1 Å². The zero-order valence-electron chi connectivity index (χ0n) is 19.1. The normalized spacial score (nSPS) is 18.2. The third kappa shape index (κ3) is 6.75. The first-order chi connectivity index (χ1) is 16.1. The van der Waals surface area contributed by atoms with E-state index in [2.05, 4.69) is 9.97 Å². The Balaban J connectivity index is 0.00000456. The molecule has 2 aromatic rings. The Morgan fingerprint density at radius 2 is 1.97 bits per heavy atom. The van der Waals surface area contributed by atoms with Gasteiger partial charge in [0.15, 0.2) is 0 Å². The zero-order valence-corrected chi connectivity index (χ0v) is 23.1. The average Bonchev–Trinajstić information content (AvgIpc) is 3.30. The maximum Gasteiger partial charge on any atom is 1.00 e. The number of nitrogens with one attached hydrogen (secondary N) is 1. The van der Waals surface area contributed by atoms with Crippen molar-refractivity contribution >= 4 is 29.0 Å². The number of likely N-dealkylation sites (tertiary alicyclic amines) is 1. The molecule has 0 saturated carbocycles. The van der Waals surface area contributed by atoms with E-state index in [9.17, 15) is 45.4 Å². The quantitative estimate of drug-likeness (QED) is 0.399. The van der Waals surface area contributed by atoms with Gasteiger partial charge in [0.1, 0.15) is 28.5 Å². The summed E-state index contributed by atoms with van der Waals surface area (Å²) in [4.78, 5) is 32.0. The van der Waals surface area contributed by atoms with Crippen LogP contribution in [-0.2, 0) is 0 Å². The fraction of sp³-hybridized carbons (Fsp3) is 0.500. The van der Waals surface area contributed by atoms with Crippen molar-refractivity contribution in [2.75, 3.05) is 11.9 Å². The van der Waals surface area contributed by atoms with Gasteiger partial charge in [0.2, 0.25) is 0 Å². The molecule has 0 spiro atoms. The average molecular weight is 567 g/mol. The molecule has 1 fully saturated rings. The molecule has 0 unspecified atom stereocenters. The van der Waals surface area contributed by atoms with E-state index in [1.54, 1.807) is 0 Å². The number of carboxylic acid groups (broad SMARTS) is 1. The number of thiazole rings is 1. The van der Waals surface area contributed by atoms with Crippen LogP contribution >= 0.6 is 11.3 Å². The number of carbonyl (C=O) groups excluding carboxylic acids is 2. The van der Waals surface area contributed by atoms with Crippen LogP contribution in [0.15, 0.2) is 12.3 Å². The number of hydrogen-bond donors (Lipinski definition) is 1. The van der Waals surface area contributed by atoms with E-state index in [0.29, 0.717) is 6.07 Å². The van der Waals surface area contributed by atoms with Gasteiger partial charge in [0.25, 0.3) is 18.3 Å². The van der Waals surface area contributed by atoms with Crippen molar-refractivity contribution in [2.45, 2.75) is 57.3 Å². The second-order valence-corrected chi connectivity index (χ2v) is 8.93. The summed E-state index contributed by atoms with van der Waals surface area (Å²) in [6, 6.07) is -2.38. The van der Waals surface area contributed by atoms with Crippen LogP contribution < -0.4 is 61.8 Å². The molecule has 0 aromatic carbocycles. The summed E-state index contributed by atoms with van der Waals surface area (Å²) in [5.74, 6) is -6.69. The van der Waals surface area contributed by atoms with Crippen molar-refractivity contribution in [2.24, 2.45) is 0 Å². The van der Waals surface area contributed by atoms with Gasteiger partial charge in [0, 0.05) is 29.8 Å². The molecule has 1 aliphatic heterocycles. The Bertz CT molecular complexity index is 1130. The van der Waals surface area contributed by atoms with Crippen LogP contribution in [0.3, 0.4) is 0 Å². The summed E-state index contributed by atoms with van der Waals surface area (Å²) >= 11 is 0.287. The third-order valence-electron chi connectivity index (χ3n) is 5.33. The fourth-order valence-electron chi connectivity index (χ4n) is 3.67. The first-order valence-corrected chi connectivity index (χ1v) is 11.0. The maximum absolute atomic E-state index is 13.9. The molecule has 3 rings (SSSR count). The molecule has 1 N–H and O–H groups in total. The second-order valence-electron chi connectivity index (χ2n) is 7.93. The minimum Gasteiger partial charge on any atom is -0.542 e. The minimum absolute atomic E-state index is 0. The summed E-state index contributed by atoms with van der Waals surface area (Å²) in [7, 11) is 0. The Labute approximate surface area is 246 Å². The molecule has 3 heterocycles. The van der Waals surface area contributed by atoms with Crippen molar-refractivity contribution in [1.82, 2.24) is 14.9 Å². The number of rotatable bonds is 7. The van der Waals surface area contributed by atoms with Crippen LogP contribution in [0, 0.1) is 0 Å². The number of amides is 1. The summed E-state index contributed by atoms with van der Waals surface area (Å²) in [6.45, 7) is 1.58. The van der Waals surface area contributed by atoms with Gasteiger partial charge in [-0.15, -0.1) is 11.3 Å². The molecule has 1 saturated heterocycles. The predicted octanol–water partition coefficient (Wildman–Crippen LogP) is 1.13. The summed E-state index contributed by atoms with van der Waals surface area (Å²) in [5.41, 5.74) is -2.01. The molecular weight excluding hydrogens is 548 g/mol. The number of alkyl halides is 7. The molecule has 0 bridgehead atoms. The van der Waals surface area contributed by atoms with Gasteiger partial charge in [-0.3, -0.25) is 4.79 Å². The van der Waals surface area contributed by atoms with Gasteiger partial charge in [0.05, 0.1) is 11.4 Å². The monoisotopic (exact) mass is 566 g/mol. The van der Waals surface area contributed by atoms with E-state index >= 15 is 0 Å². The molecule has 0 aliphatic carbocycles. The van der Waals surface area contributed by atoms with Crippen molar-refractivity contribution in [3.63, 3.8) is 0 Å². The van der Waals surface area contributed by atoms with Gasteiger partial charge in [-0.2, -0.15) is 13.2 Å². The van der Waals surface area contributed by atoms with Gasteiger partial charge in [-0.1, -0.05) is 6.92 Å². The molecular formula is C20H18F7KN4O3S. The van der Waals surface area contributed by atoms with E-state index in [1.165, 1.54) is 13.8 Å². The molecule has 1 amide bonds. The van der Waals surface area contributed by atoms with E-state index in [4.69, 9.17) is 0 Å². The molecule has 2 atom stereocenters. The summed E-state index contributed by atoms with van der Waals surface area (Å²) < 4.78 is 94.6. The number of carbonyl (C=O) groups is 2. The van der Waals surface area contributed by atoms with Crippen molar-refractivity contribution in [1.29, 1.82) is 0 Å². The standard InChI is InChI=1S/C20H19F7N4O3S.K/c1-3-11(20(25,26)27)29-12-4-9(15(21)22)10(6-28-12)14-13(30-16(35-14)18(33)34)17(32)31-7-19(23,24)5-8(31)2;/h4,6,8,11,15H,3,5,7H2,1-2H3,(H,28,29)(H,33,34);/q;+1/p-1/t8-,11-;/m0./s1. The van der Waals surface area contributed by atoms with Gasteiger partial charge in [-0.25, -0.2) is 27.5 Å². The van der Waals surface area contributed by atoms with Crippen LogP contribution in [0.2, 0.25) is 0 Å². The third-order valence-corrected chi connectivity index (χ3v) is 6.40. The van der Waals surface area contributed by atoms with Crippen LogP contribution in [0.5, 0.6) is 0 Å². The Morgan fingerprint density at radius 1 is 1.33 bits per heavy atom. The largest absolute Gasteiger partial charge is 1.00 e. The number of pyridine rings is 1. The Kier molecular flexibility index (Phi) is 9.95. The number of nitrogens with zero attached hydrogens (tertiary/aromatic N) is 3. The molecule has 0 radical (unpaired) electrons. The van der Waals surface area contributed by atoms with E-state index < -0.39 is 94.4 Å². The van der Waals surface area contributed by atoms with Crippen LogP contribution in [0.4, 0.5) is 36.6 Å². The minimum atomic E-state index is -4.69. The van der Waals surface area contributed by atoms with Crippen LogP contribution in [-0.4, -0.2) is 57.5 Å². The first kappa shape index (κ1) is 30.9. The zero-order chi connectivity index (χ0) is 26.3. The molecule has 192 valence electrons. The number of anilines is 1. The SMILES string of the molecule is CC[C@H](Nc1cc(C(F)F)c(-c2sc(C(=O)[O-])nc2C(=O)N2CC(F)(F)C[C@@H]2C)cn1)C(F)(F)F.[K+]. The summed E-state index contributed by atoms with van der Waals surface area (Å²) in [6.07, 6.45) is -8.29. The van der Waals surface area contributed by atoms with E-state index in [1.807, 2.05) is 5.32 Å². The Hall–Kier alpha value is -1.33. The van der Waals surface area contributed by atoms with Crippen LogP contribution in [0.25, 0.3) is 10.4 Å². The van der Waals surface area contributed by atoms with Crippen LogP contribution in [0.1, 0.15) is 59.0 Å². The van der Waals surface area contributed by atoms with E-state index in [0.717, 1.165) is 11.1 Å². The molecule has 2 aromatic heterocycles. The fourth-order valence-corrected chi connectivity index (χ4v) is 4.59. The summed E-state index contributed by atoms with van der Waals surface area (Å²) in [5, 5.41) is 12.6. The second kappa shape index (κ2) is 11.6. The molecule has 1 aliphatic rings. The number of hydrogen-bond acceptors (Lipinski definition) is 7. The maximum atomic E-state index is 13.9. The number of aromatic nitrogens is 2. The molecule has 16 heteroatoms. The molecule has 36 heavy (non-hydrogen) atoms. The number of aromatic carboxylic acids is 1. The van der Waals surface area contributed by atoms with Gasteiger partial charge >= 0.3 is 57.6 Å². The molecule has 7 nitrogen and oxygen atoms in total. The van der Waals surface area contributed by atoms with E-state index in [-0.39, 0.29) is 62.7 Å². The van der Waals surface area contributed by atoms with Gasteiger partial charge in [-0.05, 0) is 19.4 Å². The number of halogens is 7. The smallest absolute Gasteiger partial charge is 0.542 e. The van der Waals surface area contributed by atoms with Crippen molar-refractivity contribution in [3.8, 4) is 10.4 Å². The number of carboxylic acids is 1. The first-order valence-electron chi connectivity index (χ1n) is 10.2. The van der Waals surface area contributed by atoms with Crippen molar-refractivity contribution in [3.05, 3.63) is 28.5 Å².